The van der Waals surface area contributed by atoms with Gasteiger partial charge in [0.2, 0.25) is 0 Å². The molecule has 1 unspecified atom stereocenters. The van der Waals surface area contributed by atoms with Gasteiger partial charge in [0.25, 0.3) is 0 Å². The van der Waals surface area contributed by atoms with Crippen molar-refractivity contribution in [1.82, 2.24) is 10.6 Å². The zero-order valence-electron chi connectivity index (χ0n) is 15.8. The highest BCUT2D eigenvalue weighted by Gasteiger charge is 2.29. The molecule has 2 saturated heterocycles. The Morgan fingerprint density at radius 3 is 2.50 bits per heavy atom. The minimum Gasteiger partial charge on any atom is -0.381 e. The number of hydrogen-bond acceptors (Lipinski definition) is 4. The monoisotopic (exact) mass is 499 g/mol. The molecule has 1 aliphatic carbocycles. The van der Waals surface area contributed by atoms with Crippen LogP contribution in [0.4, 0.5) is 0 Å². The average Bonchev–Trinajstić information content (AvgIpc) is 3.20. The molecular weight excluding hydrogens is 465 g/mol. The lowest BCUT2D eigenvalue weighted by atomic mass is 9.83. The summed E-state index contributed by atoms with van der Waals surface area (Å²) in [7, 11) is -2.82. The first-order valence-electron chi connectivity index (χ1n) is 9.77. The Hall–Kier alpha value is -0.0900. The Labute approximate surface area is 175 Å². The summed E-state index contributed by atoms with van der Waals surface area (Å²) in [6.45, 7) is 5.42. The van der Waals surface area contributed by atoms with E-state index in [-0.39, 0.29) is 35.3 Å². The number of sulfone groups is 1. The molecule has 0 amide bonds. The molecule has 0 radical (unpaired) electrons. The van der Waals surface area contributed by atoms with Gasteiger partial charge in [0.15, 0.2) is 15.8 Å². The lowest BCUT2D eigenvalue weighted by Gasteiger charge is -2.32. The van der Waals surface area contributed by atoms with Gasteiger partial charge in [-0.2, -0.15) is 0 Å². The molecule has 0 aromatic carbocycles. The maximum absolute atomic E-state index is 11.7. The van der Waals surface area contributed by atoms with Gasteiger partial charge in [-0.3, -0.25) is 4.99 Å². The Balaban J connectivity index is 0.00000243. The van der Waals surface area contributed by atoms with Crippen molar-refractivity contribution < 1.29 is 13.2 Å². The number of nitrogens with one attached hydrogen (secondary N) is 2. The highest BCUT2D eigenvalue weighted by atomic mass is 127. The molecule has 2 aliphatic heterocycles. The summed E-state index contributed by atoms with van der Waals surface area (Å²) >= 11 is 0. The average molecular weight is 499 g/mol. The van der Waals surface area contributed by atoms with Gasteiger partial charge in [0.1, 0.15) is 0 Å². The van der Waals surface area contributed by atoms with Crippen molar-refractivity contribution >= 4 is 39.8 Å². The number of ether oxygens (including phenoxy) is 1. The molecule has 1 atom stereocenters. The van der Waals surface area contributed by atoms with Gasteiger partial charge in [-0.05, 0) is 43.4 Å². The van der Waals surface area contributed by atoms with E-state index in [2.05, 4.69) is 17.6 Å². The van der Waals surface area contributed by atoms with Crippen LogP contribution in [0.5, 0.6) is 0 Å². The summed E-state index contributed by atoms with van der Waals surface area (Å²) in [5.74, 6) is 1.72. The molecule has 26 heavy (non-hydrogen) atoms. The first kappa shape index (κ1) is 22.2. The molecule has 3 fully saturated rings. The van der Waals surface area contributed by atoms with Crippen molar-refractivity contribution in [1.29, 1.82) is 0 Å². The SMILES string of the molecule is CC1(CN=C(NCC2CCS(=O)(=O)C2)NC2CCCC2)CCOCC1.I. The quantitative estimate of drug-likeness (QED) is 0.345. The third-order valence-corrected chi connectivity index (χ3v) is 7.74. The molecule has 2 N–H and O–H groups in total. The van der Waals surface area contributed by atoms with Crippen molar-refractivity contribution in [3.05, 3.63) is 0 Å². The van der Waals surface area contributed by atoms with Gasteiger partial charge in [0.05, 0.1) is 11.5 Å². The number of rotatable bonds is 5. The molecule has 2 heterocycles. The van der Waals surface area contributed by atoms with E-state index >= 15 is 0 Å². The van der Waals surface area contributed by atoms with Gasteiger partial charge >= 0.3 is 0 Å². The lowest BCUT2D eigenvalue weighted by Crippen LogP contribution is -2.45. The van der Waals surface area contributed by atoms with Crippen LogP contribution in [0, 0.1) is 11.3 Å². The Morgan fingerprint density at radius 2 is 1.88 bits per heavy atom. The molecule has 1 saturated carbocycles. The zero-order valence-corrected chi connectivity index (χ0v) is 19.0. The number of halogens is 1. The van der Waals surface area contributed by atoms with Crippen LogP contribution in [0.3, 0.4) is 0 Å². The van der Waals surface area contributed by atoms with Gasteiger partial charge in [0, 0.05) is 32.3 Å². The third-order valence-electron chi connectivity index (χ3n) is 5.90. The summed E-state index contributed by atoms with van der Waals surface area (Å²) in [4.78, 5) is 4.87. The minimum absolute atomic E-state index is 0. The summed E-state index contributed by atoms with van der Waals surface area (Å²) in [6.07, 6.45) is 7.82. The molecule has 0 aromatic heterocycles. The highest BCUT2D eigenvalue weighted by molar-refractivity contribution is 14.0. The second-order valence-corrected chi connectivity index (χ2v) is 10.6. The number of aliphatic imine (C=N–C) groups is 1. The molecule has 0 spiro atoms. The fourth-order valence-electron chi connectivity index (χ4n) is 3.98. The van der Waals surface area contributed by atoms with E-state index in [1.165, 1.54) is 25.7 Å². The van der Waals surface area contributed by atoms with Gasteiger partial charge in [-0.15, -0.1) is 24.0 Å². The Bertz CT molecular complexity index is 570. The van der Waals surface area contributed by atoms with E-state index in [1.807, 2.05) is 0 Å². The second-order valence-electron chi connectivity index (χ2n) is 8.36. The molecule has 8 heteroatoms. The normalized spacial score (nSPS) is 28.5. The van der Waals surface area contributed by atoms with Gasteiger partial charge < -0.3 is 15.4 Å². The van der Waals surface area contributed by atoms with E-state index < -0.39 is 9.84 Å². The Morgan fingerprint density at radius 1 is 1.19 bits per heavy atom. The van der Waals surface area contributed by atoms with Crippen LogP contribution in [0.25, 0.3) is 0 Å². The van der Waals surface area contributed by atoms with Crippen LogP contribution < -0.4 is 10.6 Å². The maximum atomic E-state index is 11.7. The van der Waals surface area contributed by atoms with Crippen LogP contribution in [-0.4, -0.2) is 58.2 Å². The largest absolute Gasteiger partial charge is 0.381 e. The van der Waals surface area contributed by atoms with Gasteiger partial charge in [-0.1, -0.05) is 19.8 Å². The van der Waals surface area contributed by atoms with Crippen molar-refractivity contribution in [3.63, 3.8) is 0 Å². The molecule has 3 rings (SSSR count). The summed E-state index contributed by atoms with van der Waals surface area (Å²) in [5.41, 5.74) is 0.208. The number of nitrogens with zero attached hydrogens (tertiary/aromatic N) is 1. The van der Waals surface area contributed by atoms with Crippen LogP contribution in [0.2, 0.25) is 0 Å². The highest BCUT2D eigenvalue weighted by Crippen LogP contribution is 2.30. The summed E-state index contributed by atoms with van der Waals surface area (Å²) in [6, 6.07) is 0.501. The van der Waals surface area contributed by atoms with E-state index in [9.17, 15) is 8.42 Å². The standard InChI is InChI=1S/C18H33N3O3S.HI/c1-18(7-9-24-10-8-18)14-20-17(21-16-4-2-3-5-16)19-12-15-6-11-25(22,23)13-15;/h15-16H,2-14H2,1H3,(H2,19,20,21);1H. The molecule has 0 aromatic rings. The van der Waals surface area contributed by atoms with Crippen LogP contribution >= 0.6 is 24.0 Å². The number of guanidine groups is 1. The van der Waals surface area contributed by atoms with Crippen molar-refractivity contribution in [2.24, 2.45) is 16.3 Å². The molecule has 152 valence electrons. The predicted molar refractivity (Wildman–Crippen MR) is 116 cm³/mol. The number of hydrogen-bond donors (Lipinski definition) is 2. The summed E-state index contributed by atoms with van der Waals surface area (Å²) in [5, 5.41) is 7.00. The van der Waals surface area contributed by atoms with E-state index in [4.69, 9.17) is 9.73 Å². The second kappa shape index (κ2) is 9.91. The fraction of sp³-hybridized carbons (Fsp3) is 0.944. The fourth-order valence-corrected chi connectivity index (χ4v) is 5.84. The van der Waals surface area contributed by atoms with Gasteiger partial charge in [-0.25, -0.2) is 8.42 Å². The zero-order chi connectivity index (χ0) is 17.8. The Kier molecular flexibility index (Phi) is 8.46. The van der Waals surface area contributed by atoms with Crippen molar-refractivity contribution in [2.45, 2.75) is 57.9 Å². The van der Waals surface area contributed by atoms with Crippen LogP contribution in [0.1, 0.15) is 51.9 Å². The summed E-state index contributed by atoms with van der Waals surface area (Å²) < 4.78 is 28.8. The van der Waals surface area contributed by atoms with Crippen molar-refractivity contribution in [2.75, 3.05) is 37.8 Å². The first-order chi connectivity index (χ1) is 11.9. The molecule has 3 aliphatic rings. The predicted octanol–water partition coefficient (Wildman–Crippen LogP) is 2.33. The smallest absolute Gasteiger partial charge is 0.191 e. The minimum atomic E-state index is -2.82. The van der Waals surface area contributed by atoms with Crippen molar-refractivity contribution in [3.8, 4) is 0 Å². The topological polar surface area (TPSA) is 79.8 Å². The van der Waals surface area contributed by atoms with E-state index in [0.29, 0.717) is 24.1 Å². The van der Waals surface area contributed by atoms with Crippen LogP contribution in [-0.2, 0) is 14.6 Å². The molecule has 6 nitrogen and oxygen atoms in total. The third kappa shape index (κ3) is 6.82. The van der Waals surface area contributed by atoms with E-state index in [0.717, 1.165) is 45.0 Å². The lowest BCUT2D eigenvalue weighted by molar-refractivity contribution is 0.0283. The molecule has 0 bridgehead atoms. The molecular formula is C18H34IN3O3S. The first-order valence-corrected chi connectivity index (χ1v) is 11.6. The van der Waals surface area contributed by atoms with Crippen LogP contribution in [0.15, 0.2) is 4.99 Å². The van der Waals surface area contributed by atoms with E-state index in [1.54, 1.807) is 0 Å². The maximum Gasteiger partial charge on any atom is 0.191 e.